The standard InChI is InChI=1S/C13H18N2O2S/c1-8-6-9(4-5-10(8)16)11(17)15-7-13(2,3)12(14)18/h4-6,16H,7H2,1-3H3,(H2,14,18)(H,15,17). The second-order valence-electron chi connectivity index (χ2n) is 4.93. The van der Waals surface area contributed by atoms with Crippen LogP contribution in [0.5, 0.6) is 5.75 Å². The molecule has 0 aliphatic rings. The Morgan fingerprint density at radius 1 is 1.50 bits per heavy atom. The van der Waals surface area contributed by atoms with E-state index in [2.05, 4.69) is 5.32 Å². The van der Waals surface area contributed by atoms with Gasteiger partial charge in [-0.25, -0.2) is 0 Å². The van der Waals surface area contributed by atoms with Gasteiger partial charge in [0.15, 0.2) is 0 Å². The van der Waals surface area contributed by atoms with Crippen LogP contribution in [0, 0.1) is 12.3 Å². The summed E-state index contributed by atoms with van der Waals surface area (Å²) in [4.78, 5) is 12.3. The van der Waals surface area contributed by atoms with Gasteiger partial charge in [-0.05, 0) is 30.7 Å². The minimum Gasteiger partial charge on any atom is -0.508 e. The molecule has 0 fully saturated rings. The summed E-state index contributed by atoms with van der Waals surface area (Å²) < 4.78 is 0. The third kappa shape index (κ3) is 3.43. The molecule has 0 spiro atoms. The summed E-state index contributed by atoms with van der Waals surface area (Å²) in [5.41, 5.74) is 6.33. The monoisotopic (exact) mass is 266 g/mol. The quantitative estimate of drug-likeness (QED) is 0.726. The van der Waals surface area contributed by atoms with Gasteiger partial charge in [0.05, 0.1) is 4.99 Å². The lowest BCUT2D eigenvalue weighted by atomic mass is 9.93. The number of phenolic OH excluding ortho intramolecular Hbond substituents is 1. The Bertz CT molecular complexity index is 484. The van der Waals surface area contributed by atoms with Crippen molar-refractivity contribution in [3.8, 4) is 5.75 Å². The van der Waals surface area contributed by atoms with E-state index in [0.29, 0.717) is 22.7 Å². The van der Waals surface area contributed by atoms with Crippen molar-refractivity contribution in [2.24, 2.45) is 11.1 Å². The number of aromatic hydroxyl groups is 1. The number of hydrogen-bond acceptors (Lipinski definition) is 3. The van der Waals surface area contributed by atoms with Crippen LogP contribution in [0.15, 0.2) is 18.2 Å². The summed E-state index contributed by atoms with van der Waals surface area (Å²) >= 11 is 4.93. The molecule has 0 saturated heterocycles. The average molecular weight is 266 g/mol. The zero-order valence-corrected chi connectivity index (χ0v) is 11.6. The number of benzene rings is 1. The third-order valence-electron chi connectivity index (χ3n) is 2.82. The molecule has 1 rings (SSSR count). The van der Waals surface area contributed by atoms with Crippen LogP contribution < -0.4 is 11.1 Å². The van der Waals surface area contributed by atoms with E-state index in [1.54, 1.807) is 19.1 Å². The molecule has 0 atom stereocenters. The van der Waals surface area contributed by atoms with Gasteiger partial charge in [-0.3, -0.25) is 4.79 Å². The van der Waals surface area contributed by atoms with Gasteiger partial charge < -0.3 is 16.2 Å². The van der Waals surface area contributed by atoms with Gasteiger partial charge >= 0.3 is 0 Å². The molecule has 0 bridgehead atoms. The molecule has 5 heteroatoms. The molecule has 0 aromatic heterocycles. The van der Waals surface area contributed by atoms with Crippen LogP contribution in [0.4, 0.5) is 0 Å². The molecule has 0 aliphatic carbocycles. The smallest absolute Gasteiger partial charge is 0.251 e. The molecule has 0 heterocycles. The Hall–Kier alpha value is -1.62. The van der Waals surface area contributed by atoms with Crippen molar-refractivity contribution in [2.75, 3.05) is 6.54 Å². The first kappa shape index (κ1) is 14.4. The van der Waals surface area contributed by atoms with E-state index in [1.165, 1.54) is 6.07 Å². The molecular weight excluding hydrogens is 248 g/mol. The van der Waals surface area contributed by atoms with Crippen LogP contribution in [0.25, 0.3) is 0 Å². The largest absolute Gasteiger partial charge is 0.508 e. The fourth-order valence-corrected chi connectivity index (χ4v) is 1.36. The number of aryl methyl sites for hydroxylation is 1. The van der Waals surface area contributed by atoms with Gasteiger partial charge in [0.25, 0.3) is 5.91 Å². The summed E-state index contributed by atoms with van der Waals surface area (Å²) in [6, 6.07) is 4.72. The average Bonchev–Trinajstić information content (AvgIpc) is 2.29. The highest BCUT2D eigenvalue weighted by Crippen LogP contribution is 2.18. The summed E-state index contributed by atoms with van der Waals surface area (Å²) in [6.07, 6.45) is 0. The van der Waals surface area contributed by atoms with Gasteiger partial charge in [0.2, 0.25) is 0 Å². The normalized spacial score (nSPS) is 11.1. The second-order valence-corrected chi connectivity index (χ2v) is 5.37. The number of nitrogens with two attached hydrogens (primary N) is 1. The van der Waals surface area contributed by atoms with Crippen molar-refractivity contribution in [1.29, 1.82) is 0 Å². The SMILES string of the molecule is Cc1cc(C(=O)NCC(C)(C)C(N)=S)ccc1O. The lowest BCUT2D eigenvalue weighted by molar-refractivity contribution is 0.0945. The lowest BCUT2D eigenvalue weighted by Gasteiger charge is -2.23. The summed E-state index contributed by atoms with van der Waals surface area (Å²) in [6.45, 7) is 5.86. The van der Waals surface area contributed by atoms with Crippen molar-refractivity contribution in [2.45, 2.75) is 20.8 Å². The summed E-state index contributed by atoms with van der Waals surface area (Å²) in [5.74, 6) is -0.0301. The van der Waals surface area contributed by atoms with Crippen molar-refractivity contribution in [3.05, 3.63) is 29.3 Å². The molecular formula is C13H18N2O2S. The van der Waals surface area contributed by atoms with Crippen LogP contribution in [0.1, 0.15) is 29.8 Å². The van der Waals surface area contributed by atoms with Crippen LogP contribution in [-0.2, 0) is 0 Å². The first-order valence-electron chi connectivity index (χ1n) is 5.62. The van der Waals surface area contributed by atoms with Gasteiger partial charge in [-0.1, -0.05) is 26.1 Å². The Kier molecular flexibility index (Phi) is 4.29. The molecule has 98 valence electrons. The maximum absolute atomic E-state index is 11.9. The third-order valence-corrected chi connectivity index (χ3v) is 3.37. The van der Waals surface area contributed by atoms with Crippen LogP contribution in [-0.4, -0.2) is 22.5 Å². The fraction of sp³-hybridized carbons (Fsp3) is 0.385. The number of rotatable bonds is 4. The van der Waals surface area contributed by atoms with E-state index in [4.69, 9.17) is 18.0 Å². The Labute approximate surface area is 112 Å². The number of hydrogen-bond donors (Lipinski definition) is 3. The minimum absolute atomic E-state index is 0.176. The molecule has 1 aromatic rings. The van der Waals surface area contributed by atoms with Gasteiger partial charge in [-0.2, -0.15) is 0 Å². The lowest BCUT2D eigenvalue weighted by Crippen LogP contribution is -2.41. The molecule has 0 saturated carbocycles. The zero-order chi connectivity index (χ0) is 13.9. The Morgan fingerprint density at radius 3 is 2.61 bits per heavy atom. The van der Waals surface area contributed by atoms with Crippen LogP contribution in [0.3, 0.4) is 0 Å². The van der Waals surface area contributed by atoms with E-state index in [9.17, 15) is 9.90 Å². The molecule has 4 nitrogen and oxygen atoms in total. The molecule has 0 unspecified atom stereocenters. The first-order valence-corrected chi connectivity index (χ1v) is 6.02. The van der Waals surface area contributed by atoms with Crippen molar-refractivity contribution in [1.82, 2.24) is 5.32 Å². The van der Waals surface area contributed by atoms with Crippen molar-refractivity contribution in [3.63, 3.8) is 0 Å². The second kappa shape index (κ2) is 5.35. The van der Waals surface area contributed by atoms with E-state index >= 15 is 0 Å². The predicted molar refractivity (Wildman–Crippen MR) is 75.7 cm³/mol. The maximum Gasteiger partial charge on any atom is 0.251 e. The van der Waals surface area contributed by atoms with E-state index in [0.717, 1.165) is 0 Å². The van der Waals surface area contributed by atoms with Gasteiger partial charge in [0.1, 0.15) is 5.75 Å². The minimum atomic E-state index is -0.420. The Morgan fingerprint density at radius 2 is 2.11 bits per heavy atom. The van der Waals surface area contributed by atoms with Crippen LogP contribution in [0.2, 0.25) is 0 Å². The maximum atomic E-state index is 11.9. The highest BCUT2D eigenvalue weighted by atomic mass is 32.1. The number of thiocarbonyl (C=S) groups is 1. The number of amides is 1. The number of carbonyl (C=O) groups excluding carboxylic acids is 1. The van der Waals surface area contributed by atoms with Crippen LogP contribution >= 0.6 is 12.2 Å². The summed E-state index contributed by atoms with van der Waals surface area (Å²) in [7, 11) is 0. The number of phenols is 1. The van der Waals surface area contributed by atoms with Crippen molar-refractivity contribution < 1.29 is 9.90 Å². The number of carbonyl (C=O) groups is 1. The molecule has 1 aromatic carbocycles. The van der Waals surface area contributed by atoms with Crippen molar-refractivity contribution >= 4 is 23.1 Å². The molecule has 0 aliphatic heterocycles. The predicted octanol–water partition coefficient (Wildman–Crippen LogP) is 1.74. The number of nitrogens with one attached hydrogen (secondary N) is 1. The summed E-state index contributed by atoms with van der Waals surface area (Å²) in [5, 5.41) is 12.2. The highest BCUT2D eigenvalue weighted by molar-refractivity contribution is 7.80. The van der Waals surface area contributed by atoms with Gasteiger partial charge in [-0.15, -0.1) is 0 Å². The van der Waals surface area contributed by atoms with Gasteiger partial charge in [0, 0.05) is 17.5 Å². The van der Waals surface area contributed by atoms with E-state index < -0.39 is 5.41 Å². The molecule has 18 heavy (non-hydrogen) atoms. The van der Waals surface area contributed by atoms with E-state index in [-0.39, 0.29) is 11.7 Å². The first-order chi connectivity index (χ1) is 8.24. The molecule has 1 amide bonds. The molecule has 0 radical (unpaired) electrons. The topological polar surface area (TPSA) is 75.4 Å². The highest BCUT2D eigenvalue weighted by Gasteiger charge is 2.22. The fourth-order valence-electron chi connectivity index (χ4n) is 1.29. The van der Waals surface area contributed by atoms with E-state index in [1.807, 2.05) is 13.8 Å². The Balaban J connectivity index is 2.72. The zero-order valence-electron chi connectivity index (χ0n) is 10.8. The molecule has 4 N–H and O–H groups in total.